The Morgan fingerprint density at radius 3 is 2.65 bits per heavy atom. The Morgan fingerprint density at radius 1 is 1.39 bits per heavy atom. The molecule has 1 atom stereocenters. The van der Waals surface area contributed by atoms with E-state index in [9.17, 15) is 9.59 Å². The zero-order chi connectivity index (χ0) is 17.1. The van der Waals surface area contributed by atoms with Gasteiger partial charge in [-0.25, -0.2) is 4.79 Å². The van der Waals surface area contributed by atoms with Gasteiger partial charge in [-0.2, -0.15) is 0 Å². The Balaban J connectivity index is 2.32. The van der Waals surface area contributed by atoms with Crippen molar-refractivity contribution < 1.29 is 14.3 Å². The van der Waals surface area contributed by atoms with Crippen LogP contribution >= 0.6 is 0 Å². The standard InChI is InChI=1S/C17H27N3O3/c1-6-13-14(17(22)23-5)11(2)15(18-13)16(21)20-9-7-8-12(20)10-19(3)4/h12,18H,6-10H2,1-5H3/t12-/m1/s1. The second-order valence-corrected chi connectivity index (χ2v) is 6.38. The van der Waals surface area contributed by atoms with Crippen molar-refractivity contribution >= 4 is 11.9 Å². The highest BCUT2D eigenvalue weighted by Gasteiger charge is 2.33. The first-order valence-electron chi connectivity index (χ1n) is 8.16. The number of carbonyl (C=O) groups excluding carboxylic acids is 2. The van der Waals surface area contributed by atoms with Crippen LogP contribution in [0.1, 0.15) is 51.9 Å². The van der Waals surface area contributed by atoms with E-state index in [1.54, 1.807) is 0 Å². The number of esters is 1. The van der Waals surface area contributed by atoms with E-state index in [0.29, 0.717) is 23.2 Å². The number of methoxy groups -OCH3 is 1. The third-order valence-corrected chi connectivity index (χ3v) is 4.50. The van der Waals surface area contributed by atoms with Crippen LogP contribution in [0.25, 0.3) is 0 Å². The molecular weight excluding hydrogens is 294 g/mol. The van der Waals surface area contributed by atoms with Crippen LogP contribution in [-0.4, -0.2) is 67.0 Å². The first kappa shape index (κ1) is 17.5. The highest BCUT2D eigenvalue weighted by atomic mass is 16.5. The van der Waals surface area contributed by atoms with Gasteiger partial charge >= 0.3 is 5.97 Å². The van der Waals surface area contributed by atoms with E-state index < -0.39 is 0 Å². The van der Waals surface area contributed by atoms with Crippen molar-refractivity contribution in [3.8, 4) is 0 Å². The van der Waals surface area contributed by atoms with E-state index in [2.05, 4.69) is 9.88 Å². The zero-order valence-corrected chi connectivity index (χ0v) is 14.7. The van der Waals surface area contributed by atoms with E-state index in [1.807, 2.05) is 32.8 Å². The summed E-state index contributed by atoms with van der Waals surface area (Å²) in [6, 6.07) is 0.229. The number of likely N-dealkylation sites (tertiary alicyclic amines) is 1. The van der Waals surface area contributed by atoms with Gasteiger partial charge in [0.15, 0.2) is 0 Å². The molecule has 0 radical (unpaired) electrons. The summed E-state index contributed by atoms with van der Waals surface area (Å²) < 4.78 is 4.86. The van der Waals surface area contributed by atoms with E-state index in [4.69, 9.17) is 4.74 Å². The summed E-state index contributed by atoms with van der Waals surface area (Å²) in [5.74, 6) is -0.405. The van der Waals surface area contributed by atoms with Crippen LogP contribution in [0.5, 0.6) is 0 Å². The van der Waals surface area contributed by atoms with Crippen molar-refractivity contribution in [2.75, 3.05) is 34.3 Å². The summed E-state index contributed by atoms with van der Waals surface area (Å²) >= 11 is 0. The number of hydrogen-bond acceptors (Lipinski definition) is 4. The summed E-state index contributed by atoms with van der Waals surface area (Å²) in [5, 5.41) is 0. The molecule has 0 aromatic carbocycles. The van der Waals surface area contributed by atoms with Gasteiger partial charge in [0.1, 0.15) is 5.69 Å². The lowest BCUT2D eigenvalue weighted by molar-refractivity contribution is 0.0599. The number of hydrogen-bond donors (Lipinski definition) is 1. The number of amides is 1. The molecule has 1 aromatic heterocycles. The molecule has 0 spiro atoms. The van der Waals surface area contributed by atoms with Gasteiger partial charge in [0.2, 0.25) is 0 Å². The fraction of sp³-hybridized carbons (Fsp3) is 0.647. The zero-order valence-electron chi connectivity index (χ0n) is 14.7. The Hall–Kier alpha value is -1.82. The SMILES string of the molecule is CCc1[nH]c(C(=O)N2CCC[C@@H]2CN(C)C)c(C)c1C(=O)OC. The summed E-state index contributed by atoms with van der Waals surface area (Å²) in [7, 11) is 5.40. The number of nitrogens with zero attached hydrogens (tertiary/aromatic N) is 2. The molecule has 2 heterocycles. The lowest BCUT2D eigenvalue weighted by Crippen LogP contribution is -2.41. The Morgan fingerprint density at radius 2 is 2.09 bits per heavy atom. The molecule has 1 saturated heterocycles. The molecule has 6 heteroatoms. The summed E-state index contributed by atoms with van der Waals surface area (Å²) in [6.07, 6.45) is 2.70. The average molecular weight is 321 g/mol. The van der Waals surface area contributed by atoms with E-state index in [0.717, 1.165) is 31.6 Å². The second kappa shape index (κ2) is 7.17. The number of aryl methyl sites for hydroxylation is 1. The molecule has 0 saturated carbocycles. The third kappa shape index (κ3) is 3.42. The van der Waals surface area contributed by atoms with Gasteiger partial charge in [-0.15, -0.1) is 0 Å². The van der Waals surface area contributed by atoms with E-state index in [1.165, 1.54) is 7.11 Å². The fourth-order valence-corrected chi connectivity index (χ4v) is 3.37. The number of aromatic nitrogens is 1. The molecule has 1 amide bonds. The Labute approximate surface area is 137 Å². The number of nitrogens with one attached hydrogen (secondary N) is 1. The number of likely N-dealkylation sites (N-methyl/N-ethyl adjacent to an activating group) is 1. The first-order valence-corrected chi connectivity index (χ1v) is 8.16. The summed E-state index contributed by atoms with van der Waals surface area (Å²) in [6.45, 7) is 5.39. The molecule has 6 nitrogen and oxygen atoms in total. The van der Waals surface area contributed by atoms with Crippen LogP contribution in [0.15, 0.2) is 0 Å². The van der Waals surface area contributed by atoms with Crippen molar-refractivity contribution in [2.45, 2.75) is 39.2 Å². The van der Waals surface area contributed by atoms with Crippen LogP contribution in [0, 0.1) is 6.92 Å². The van der Waals surface area contributed by atoms with Gasteiger partial charge < -0.3 is 19.5 Å². The molecule has 1 fully saturated rings. The van der Waals surface area contributed by atoms with Crippen molar-refractivity contribution in [3.63, 3.8) is 0 Å². The fourth-order valence-electron chi connectivity index (χ4n) is 3.37. The largest absolute Gasteiger partial charge is 0.465 e. The van der Waals surface area contributed by atoms with Crippen LogP contribution < -0.4 is 0 Å². The van der Waals surface area contributed by atoms with Crippen molar-refractivity contribution in [1.29, 1.82) is 0 Å². The van der Waals surface area contributed by atoms with Crippen LogP contribution in [-0.2, 0) is 11.2 Å². The van der Waals surface area contributed by atoms with Gasteiger partial charge in [0.05, 0.1) is 12.7 Å². The maximum absolute atomic E-state index is 13.0. The van der Waals surface area contributed by atoms with Crippen molar-refractivity contribution in [2.24, 2.45) is 0 Å². The number of ether oxygens (including phenoxy) is 1. The van der Waals surface area contributed by atoms with Gasteiger partial charge in [0, 0.05) is 24.8 Å². The van der Waals surface area contributed by atoms with Gasteiger partial charge in [-0.05, 0) is 45.8 Å². The summed E-state index contributed by atoms with van der Waals surface area (Å²) in [4.78, 5) is 32.2. The molecule has 1 aliphatic rings. The molecule has 128 valence electrons. The minimum atomic E-state index is -0.388. The third-order valence-electron chi connectivity index (χ3n) is 4.50. The van der Waals surface area contributed by atoms with Crippen LogP contribution in [0.3, 0.4) is 0 Å². The number of aromatic amines is 1. The lowest BCUT2D eigenvalue weighted by atomic mass is 10.1. The van der Waals surface area contributed by atoms with Gasteiger partial charge in [-0.1, -0.05) is 6.92 Å². The molecule has 0 bridgehead atoms. The van der Waals surface area contributed by atoms with Crippen molar-refractivity contribution in [1.82, 2.24) is 14.8 Å². The lowest BCUT2D eigenvalue weighted by Gasteiger charge is -2.27. The monoisotopic (exact) mass is 321 g/mol. The van der Waals surface area contributed by atoms with Crippen LogP contribution in [0.2, 0.25) is 0 Å². The molecule has 2 rings (SSSR count). The quantitative estimate of drug-likeness (QED) is 0.841. The summed E-state index contributed by atoms with van der Waals surface area (Å²) in [5.41, 5.74) is 2.48. The maximum atomic E-state index is 13.0. The number of H-pyrrole nitrogens is 1. The average Bonchev–Trinajstić information content (AvgIpc) is 3.09. The second-order valence-electron chi connectivity index (χ2n) is 6.38. The van der Waals surface area contributed by atoms with Gasteiger partial charge in [0.25, 0.3) is 5.91 Å². The number of rotatable bonds is 5. The maximum Gasteiger partial charge on any atom is 0.339 e. The molecular formula is C17H27N3O3. The topological polar surface area (TPSA) is 65.6 Å². The predicted octanol–water partition coefficient (Wildman–Crippen LogP) is 1.84. The highest BCUT2D eigenvalue weighted by Crippen LogP contribution is 2.25. The molecule has 1 aliphatic heterocycles. The Kier molecular flexibility index (Phi) is 5.46. The first-order chi connectivity index (χ1) is 10.9. The Bertz CT molecular complexity index is 592. The molecule has 1 N–H and O–H groups in total. The minimum Gasteiger partial charge on any atom is -0.465 e. The normalized spacial score (nSPS) is 17.8. The predicted molar refractivity (Wildman–Crippen MR) is 88.9 cm³/mol. The van der Waals surface area contributed by atoms with Crippen LogP contribution in [0.4, 0.5) is 0 Å². The van der Waals surface area contributed by atoms with Gasteiger partial charge in [-0.3, -0.25) is 4.79 Å². The highest BCUT2D eigenvalue weighted by molar-refractivity contribution is 6.00. The van der Waals surface area contributed by atoms with Crippen molar-refractivity contribution in [3.05, 3.63) is 22.5 Å². The molecule has 23 heavy (non-hydrogen) atoms. The number of carbonyl (C=O) groups is 2. The molecule has 0 unspecified atom stereocenters. The van der Waals surface area contributed by atoms with E-state index in [-0.39, 0.29) is 17.9 Å². The minimum absolute atomic E-state index is 0.0169. The van der Waals surface area contributed by atoms with E-state index >= 15 is 0 Å². The molecule has 1 aromatic rings. The smallest absolute Gasteiger partial charge is 0.339 e. The molecule has 0 aliphatic carbocycles.